The van der Waals surface area contributed by atoms with Gasteiger partial charge in [-0.2, -0.15) is 0 Å². The zero-order chi connectivity index (χ0) is 21.6. The summed E-state index contributed by atoms with van der Waals surface area (Å²) >= 11 is 0. The smallest absolute Gasteiger partial charge is 0.337 e. The molecule has 0 fully saturated rings. The number of rotatable bonds is 7. The Bertz CT molecular complexity index is 1000. The second-order valence-electron chi connectivity index (χ2n) is 6.01. The minimum Gasteiger partial charge on any atom is -0.465 e. The van der Waals surface area contributed by atoms with Crippen molar-refractivity contribution in [3.63, 3.8) is 0 Å². The van der Waals surface area contributed by atoms with Crippen LogP contribution in [0.5, 0.6) is 0 Å². The Morgan fingerprint density at radius 2 is 1.52 bits per heavy atom. The lowest BCUT2D eigenvalue weighted by atomic mass is 10.2. The zero-order valence-electron chi connectivity index (χ0n) is 16.1. The topological polar surface area (TPSA) is 122 Å². The highest BCUT2D eigenvalue weighted by Gasteiger charge is 2.21. The van der Waals surface area contributed by atoms with Crippen LogP contribution in [0.3, 0.4) is 0 Å². The Hall–Kier alpha value is -3.40. The maximum atomic E-state index is 12.4. The summed E-state index contributed by atoms with van der Waals surface area (Å²) in [7, 11) is -1.01. The quantitative estimate of drug-likeness (QED) is 0.651. The molecule has 2 N–H and O–H groups in total. The standard InChI is InChI=1S/C19H21N3O6S/c1-20-18(24)13-4-8-15(9-5-13)21-17(23)12-22(29(3,26)27)16-10-6-14(7-11-16)19(25)28-2/h4-11H,12H2,1-3H3,(H,20,24)(H,21,23). The number of carbonyl (C=O) groups excluding carboxylic acids is 3. The van der Waals surface area contributed by atoms with E-state index in [1.165, 1.54) is 50.6 Å². The number of carbonyl (C=O) groups is 3. The Morgan fingerprint density at radius 1 is 0.966 bits per heavy atom. The molecule has 154 valence electrons. The second kappa shape index (κ2) is 9.20. The van der Waals surface area contributed by atoms with Crippen molar-refractivity contribution < 1.29 is 27.5 Å². The van der Waals surface area contributed by atoms with E-state index in [4.69, 9.17) is 0 Å². The van der Waals surface area contributed by atoms with Gasteiger partial charge in [0.2, 0.25) is 15.9 Å². The molecule has 0 bridgehead atoms. The molecule has 0 aliphatic rings. The van der Waals surface area contributed by atoms with E-state index in [2.05, 4.69) is 15.4 Å². The van der Waals surface area contributed by atoms with Gasteiger partial charge in [-0.1, -0.05) is 0 Å². The molecule has 2 rings (SSSR count). The maximum Gasteiger partial charge on any atom is 0.337 e. The molecule has 0 radical (unpaired) electrons. The molecule has 0 aliphatic carbocycles. The van der Waals surface area contributed by atoms with E-state index >= 15 is 0 Å². The van der Waals surface area contributed by atoms with Crippen molar-refractivity contribution >= 4 is 39.2 Å². The molecule has 2 amide bonds. The predicted octanol–water partition coefficient (Wildman–Crippen LogP) is 1.24. The number of anilines is 2. The SMILES string of the molecule is CNC(=O)c1ccc(NC(=O)CN(c2ccc(C(=O)OC)cc2)S(C)(=O)=O)cc1. The van der Waals surface area contributed by atoms with Crippen molar-refractivity contribution in [3.8, 4) is 0 Å². The van der Waals surface area contributed by atoms with Gasteiger partial charge in [0.1, 0.15) is 6.54 Å². The van der Waals surface area contributed by atoms with Crippen LogP contribution in [-0.4, -0.2) is 53.2 Å². The number of methoxy groups -OCH3 is 1. The minimum atomic E-state index is -3.76. The number of benzene rings is 2. The van der Waals surface area contributed by atoms with Gasteiger partial charge < -0.3 is 15.4 Å². The number of amides is 2. The van der Waals surface area contributed by atoms with E-state index in [1.807, 2.05) is 0 Å². The summed E-state index contributed by atoms with van der Waals surface area (Å²) in [5.74, 6) is -1.39. The van der Waals surface area contributed by atoms with Gasteiger partial charge in [-0.25, -0.2) is 13.2 Å². The van der Waals surface area contributed by atoms with Crippen molar-refractivity contribution in [2.24, 2.45) is 0 Å². The maximum absolute atomic E-state index is 12.4. The largest absolute Gasteiger partial charge is 0.465 e. The Morgan fingerprint density at radius 3 is 2.00 bits per heavy atom. The zero-order valence-corrected chi connectivity index (χ0v) is 16.9. The van der Waals surface area contributed by atoms with Crippen LogP contribution in [0.15, 0.2) is 48.5 Å². The molecule has 2 aromatic carbocycles. The minimum absolute atomic E-state index is 0.227. The third-order valence-corrected chi connectivity index (χ3v) is 5.06. The summed E-state index contributed by atoms with van der Waals surface area (Å²) in [4.78, 5) is 35.4. The average Bonchev–Trinajstić information content (AvgIpc) is 2.70. The molecule has 0 atom stereocenters. The van der Waals surface area contributed by atoms with Crippen molar-refractivity contribution in [3.05, 3.63) is 59.7 Å². The molecule has 9 nitrogen and oxygen atoms in total. The van der Waals surface area contributed by atoms with Crippen molar-refractivity contribution in [1.82, 2.24) is 5.32 Å². The molecular weight excluding hydrogens is 398 g/mol. The summed E-state index contributed by atoms with van der Waals surface area (Å²) in [6.45, 7) is -0.465. The summed E-state index contributed by atoms with van der Waals surface area (Å²) in [5, 5.41) is 5.07. The Balaban J connectivity index is 2.15. The molecule has 2 aromatic rings. The Kier molecular flexibility index (Phi) is 6.94. The number of sulfonamides is 1. The van der Waals surface area contributed by atoms with Gasteiger partial charge in [0.05, 0.1) is 24.6 Å². The third kappa shape index (κ3) is 5.79. The molecule has 0 aliphatic heterocycles. The molecule has 0 heterocycles. The molecule has 29 heavy (non-hydrogen) atoms. The number of hydrogen-bond acceptors (Lipinski definition) is 6. The lowest BCUT2D eigenvalue weighted by molar-refractivity contribution is -0.114. The Labute approximate surface area is 168 Å². The first-order valence-electron chi connectivity index (χ1n) is 8.44. The van der Waals surface area contributed by atoms with E-state index in [-0.39, 0.29) is 17.2 Å². The normalized spacial score (nSPS) is 10.7. The fourth-order valence-corrected chi connectivity index (χ4v) is 3.32. The molecule has 0 saturated heterocycles. The van der Waals surface area contributed by atoms with Crippen molar-refractivity contribution in [2.75, 3.05) is 36.6 Å². The van der Waals surface area contributed by atoms with Crippen LogP contribution >= 0.6 is 0 Å². The first kappa shape index (κ1) is 21.9. The highest BCUT2D eigenvalue weighted by atomic mass is 32.2. The van der Waals surface area contributed by atoms with Gasteiger partial charge >= 0.3 is 5.97 Å². The molecular formula is C19H21N3O6S. The summed E-state index contributed by atoms with van der Waals surface area (Å²) in [6.07, 6.45) is 0.979. The van der Waals surface area contributed by atoms with Crippen LogP contribution in [0.2, 0.25) is 0 Å². The monoisotopic (exact) mass is 419 g/mol. The molecule has 0 aromatic heterocycles. The fraction of sp³-hybridized carbons (Fsp3) is 0.211. The summed E-state index contributed by atoms with van der Waals surface area (Å²) in [6, 6.07) is 11.8. The summed E-state index contributed by atoms with van der Waals surface area (Å²) < 4.78 is 29.8. The molecule has 10 heteroatoms. The van der Waals surface area contributed by atoms with E-state index in [0.717, 1.165) is 10.6 Å². The number of nitrogens with zero attached hydrogens (tertiary/aromatic N) is 1. The number of ether oxygens (including phenoxy) is 1. The van der Waals surface area contributed by atoms with Gasteiger partial charge in [-0.05, 0) is 48.5 Å². The molecule has 0 spiro atoms. The van der Waals surface area contributed by atoms with Crippen LogP contribution in [0, 0.1) is 0 Å². The predicted molar refractivity (Wildman–Crippen MR) is 108 cm³/mol. The van der Waals surface area contributed by atoms with E-state index in [9.17, 15) is 22.8 Å². The first-order chi connectivity index (χ1) is 13.7. The van der Waals surface area contributed by atoms with Crippen LogP contribution in [-0.2, 0) is 19.6 Å². The van der Waals surface area contributed by atoms with Crippen molar-refractivity contribution in [2.45, 2.75) is 0 Å². The highest BCUT2D eigenvalue weighted by molar-refractivity contribution is 7.92. The van der Waals surface area contributed by atoms with Crippen LogP contribution < -0.4 is 14.9 Å². The number of esters is 1. The lowest BCUT2D eigenvalue weighted by Gasteiger charge is -2.22. The second-order valence-corrected chi connectivity index (χ2v) is 7.92. The third-order valence-electron chi connectivity index (χ3n) is 3.92. The van der Waals surface area contributed by atoms with E-state index in [1.54, 1.807) is 12.1 Å². The van der Waals surface area contributed by atoms with Crippen LogP contribution in [0.4, 0.5) is 11.4 Å². The first-order valence-corrected chi connectivity index (χ1v) is 10.3. The molecule has 0 unspecified atom stereocenters. The average molecular weight is 419 g/mol. The fourth-order valence-electron chi connectivity index (χ4n) is 2.46. The highest BCUT2D eigenvalue weighted by Crippen LogP contribution is 2.19. The van der Waals surface area contributed by atoms with Crippen molar-refractivity contribution in [1.29, 1.82) is 0 Å². The van der Waals surface area contributed by atoms with E-state index < -0.39 is 28.4 Å². The van der Waals surface area contributed by atoms with Gasteiger partial charge in [0, 0.05) is 18.3 Å². The molecule has 0 saturated carbocycles. The lowest BCUT2D eigenvalue weighted by Crippen LogP contribution is -2.37. The summed E-state index contributed by atoms with van der Waals surface area (Å²) in [5.41, 5.74) is 1.32. The van der Waals surface area contributed by atoms with Gasteiger partial charge in [-0.15, -0.1) is 0 Å². The van der Waals surface area contributed by atoms with E-state index in [0.29, 0.717) is 11.3 Å². The van der Waals surface area contributed by atoms with Gasteiger partial charge in [-0.3, -0.25) is 13.9 Å². The number of nitrogens with one attached hydrogen (secondary N) is 2. The van der Waals surface area contributed by atoms with Crippen LogP contribution in [0.25, 0.3) is 0 Å². The van der Waals surface area contributed by atoms with Gasteiger partial charge in [0.25, 0.3) is 5.91 Å². The number of hydrogen-bond donors (Lipinski definition) is 2. The van der Waals surface area contributed by atoms with Crippen LogP contribution in [0.1, 0.15) is 20.7 Å². The van der Waals surface area contributed by atoms with Gasteiger partial charge in [0.15, 0.2) is 0 Å².